The zero-order valence-corrected chi connectivity index (χ0v) is 22.1. The number of unbranched alkanes of at least 4 members (excludes halogenated alkanes) is 5. The molecule has 0 radical (unpaired) electrons. The van der Waals surface area contributed by atoms with Crippen molar-refractivity contribution in [1.29, 1.82) is 0 Å². The van der Waals surface area contributed by atoms with Crippen molar-refractivity contribution in [3.63, 3.8) is 0 Å². The summed E-state index contributed by atoms with van der Waals surface area (Å²) in [7, 11) is 1.54. The molecule has 3 aromatic rings. The molecule has 1 aliphatic rings. The van der Waals surface area contributed by atoms with Gasteiger partial charge in [0.15, 0.2) is 11.5 Å². The van der Waals surface area contributed by atoms with Crippen LogP contribution in [0.2, 0.25) is 0 Å². The number of aromatic nitrogens is 2. The van der Waals surface area contributed by atoms with Crippen molar-refractivity contribution in [2.45, 2.75) is 45.4 Å². The highest BCUT2D eigenvalue weighted by Gasteiger charge is 2.32. The molecular formula is C27H29N3O4S2. The maximum atomic E-state index is 13.4. The van der Waals surface area contributed by atoms with E-state index in [0.29, 0.717) is 32.9 Å². The van der Waals surface area contributed by atoms with Crippen molar-refractivity contribution >= 4 is 45.9 Å². The Balaban J connectivity index is 1.64. The Morgan fingerprint density at radius 2 is 1.72 bits per heavy atom. The Hall–Kier alpha value is -3.17. The highest BCUT2D eigenvalue weighted by atomic mass is 32.2. The van der Waals surface area contributed by atoms with Crippen molar-refractivity contribution in [3.8, 4) is 17.4 Å². The molecule has 1 aliphatic heterocycles. The lowest BCUT2D eigenvalue weighted by molar-refractivity contribution is -0.122. The highest BCUT2D eigenvalue weighted by Crippen LogP contribution is 2.36. The van der Waals surface area contributed by atoms with Gasteiger partial charge in [-0.25, -0.2) is 0 Å². The summed E-state index contributed by atoms with van der Waals surface area (Å²) < 4.78 is 13.4. The number of hydrogen-bond donors (Lipinski definition) is 0. The quantitative estimate of drug-likeness (QED) is 0.172. The van der Waals surface area contributed by atoms with Crippen LogP contribution in [0.1, 0.15) is 51.0 Å². The molecule has 0 spiro atoms. The molecule has 36 heavy (non-hydrogen) atoms. The Kier molecular flexibility index (Phi) is 8.77. The van der Waals surface area contributed by atoms with E-state index in [-0.39, 0.29) is 22.9 Å². The van der Waals surface area contributed by atoms with Gasteiger partial charge in [0.1, 0.15) is 15.5 Å². The summed E-state index contributed by atoms with van der Waals surface area (Å²) in [6.07, 6.45) is 9.93. The van der Waals surface area contributed by atoms with E-state index in [1.807, 2.05) is 6.07 Å². The molecule has 1 amide bonds. The lowest BCUT2D eigenvalue weighted by Crippen LogP contribution is -2.29. The number of methoxy groups -OCH3 is 1. The minimum atomic E-state index is -0.341. The molecule has 1 aromatic carbocycles. The van der Waals surface area contributed by atoms with Crippen LogP contribution in [0, 0.1) is 0 Å². The van der Waals surface area contributed by atoms with Crippen molar-refractivity contribution in [2.24, 2.45) is 0 Å². The molecule has 0 aliphatic carbocycles. The van der Waals surface area contributed by atoms with E-state index in [1.54, 1.807) is 60.7 Å². The number of carbonyl (C=O) groups excluding carboxylic acids is 1. The first-order valence-electron chi connectivity index (χ1n) is 12.1. The molecule has 7 nitrogen and oxygen atoms in total. The minimum absolute atomic E-state index is 0.0943. The lowest BCUT2D eigenvalue weighted by Gasteiger charge is -2.14. The number of hydrogen-bond acceptors (Lipinski definition) is 7. The van der Waals surface area contributed by atoms with Crippen LogP contribution in [-0.2, 0) is 4.79 Å². The molecule has 188 valence electrons. The summed E-state index contributed by atoms with van der Waals surface area (Å²) in [4.78, 5) is 33.2. The number of para-hydroxylation sites is 2. The second-order valence-electron chi connectivity index (χ2n) is 8.42. The first kappa shape index (κ1) is 25.9. The van der Waals surface area contributed by atoms with Gasteiger partial charge in [0, 0.05) is 12.7 Å². The fourth-order valence-electron chi connectivity index (χ4n) is 3.97. The average molecular weight is 524 g/mol. The molecule has 1 saturated heterocycles. The fourth-order valence-corrected chi connectivity index (χ4v) is 5.26. The van der Waals surface area contributed by atoms with Crippen LogP contribution in [0.5, 0.6) is 17.4 Å². The predicted molar refractivity (Wildman–Crippen MR) is 148 cm³/mol. The van der Waals surface area contributed by atoms with Gasteiger partial charge in [-0.1, -0.05) is 81.2 Å². The Morgan fingerprint density at radius 3 is 2.50 bits per heavy atom. The van der Waals surface area contributed by atoms with E-state index in [9.17, 15) is 9.59 Å². The van der Waals surface area contributed by atoms with Crippen LogP contribution < -0.4 is 15.0 Å². The monoisotopic (exact) mass is 523 g/mol. The number of carbonyl (C=O) groups is 1. The molecule has 9 heteroatoms. The van der Waals surface area contributed by atoms with Crippen molar-refractivity contribution in [2.75, 3.05) is 13.7 Å². The summed E-state index contributed by atoms with van der Waals surface area (Å²) in [5.74, 6) is 0.817. The van der Waals surface area contributed by atoms with Crippen molar-refractivity contribution in [3.05, 3.63) is 69.5 Å². The van der Waals surface area contributed by atoms with Gasteiger partial charge in [-0.3, -0.25) is 18.9 Å². The summed E-state index contributed by atoms with van der Waals surface area (Å²) in [5.41, 5.74) is 0.261. The number of pyridine rings is 1. The number of thiocarbonyl (C=S) groups is 1. The van der Waals surface area contributed by atoms with E-state index in [0.717, 1.165) is 19.3 Å². The van der Waals surface area contributed by atoms with Gasteiger partial charge >= 0.3 is 0 Å². The first-order valence-corrected chi connectivity index (χ1v) is 13.3. The fraction of sp³-hybridized carbons (Fsp3) is 0.333. The molecule has 0 unspecified atom stereocenters. The molecule has 3 heterocycles. The van der Waals surface area contributed by atoms with E-state index in [4.69, 9.17) is 21.7 Å². The van der Waals surface area contributed by atoms with Crippen LogP contribution in [-0.4, -0.2) is 38.2 Å². The van der Waals surface area contributed by atoms with Gasteiger partial charge in [-0.2, -0.15) is 4.98 Å². The standard InChI is InChI=1S/C27H29N3O4S2/c1-3-4-5-6-7-11-17-30-26(32)22(36-27(30)35)18-19-24(34-21-14-9-8-13-20(21)33-2)28-23-15-10-12-16-29(23)25(19)31/h8-10,12-16,18H,3-7,11,17H2,1-2H3/b22-18+. The van der Waals surface area contributed by atoms with Crippen molar-refractivity contribution < 1.29 is 14.3 Å². The normalized spacial score (nSPS) is 14.7. The average Bonchev–Trinajstić information content (AvgIpc) is 3.16. The first-order chi connectivity index (χ1) is 17.5. The maximum Gasteiger partial charge on any atom is 0.269 e. The Morgan fingerprint density at radius 1 is 1.00 bits per heavy atom. The smallest absolute Gasteiger partial charge is 0.269 e. The largest absolute Gasteiger partial charge is 0.493 e. The lowest BCUT2D eigenvalue weighted by atomic mass is 10.1. The summed E-state index contributed by atoms with van der Waals surface area (Å²) >= 11 is 6.69. The zero-order chi connectivity index (χ0) is 25.5. The number of rotatable bonds is 11. The highest BCUT2D eigenvalue weighted by molar-refractivity contribution is 8.26. The summed E-state index contributed by atoms with van der Waals surface area (Å²) in [6, 6.07) is 12.4. The predicted octanol–water partition coefficient (Wildman–Crippen LogP) is 6.06. The van der Waals surface area contributed by atoms with Gasteiger partial charge in [0.05, 0.1) is 12.0 Å². The van der Waals surface area contributed by atoms with Gasteiger partial charge in [0.2, 0.25) is 5.88 Å². The van der Waals surface area contributed by atoms with Crippen LogP contribution in [0.3, 0.4) is 0 Å². The maximum absolute atomic E-state index is 13.4. The number of ether oxygens (including phenoxy) is 2. The number of benzene rings is 1. The van der Waals surface area contributed by atoms with Gasteiger partial charge in [0.25, 0.3) is 11.5 Å². The zero-order valence-electron chi connectivity index (χ0n) is 20.4. The van der Waals surface area contributed by atoms with Gasteiger partial charge in [-0.15, -0.1) is 0 Å². The molecule has 0 bridgehead atoms. The van der Waals surface area contributed by atoms with Crippen LogP contribution in [0.15, 0.2) is 58.4 Å². The summed E-state index contributed by atoms with van der Waals surface area (Å²) in [5, 5.41) is 0. The van der Waals surface area contributed by atoms with Crippen molar-refractivity contribution in [1.82, 2.24) is 14.3 Å². The van der Waals surface area contributed by atoms with Crippen LogP contribution >= 0.6 is 24.0 Å². The molecule has 2 aromatic heterocycles. The molecule has 0 saturated carbocycles. The second kappa shape index (κ2) is 12.2. The molecule has 1 fully saturated rings. The Bertz CT molecular complexity index is 1350. The molecular weight excluding hydrogens is 494 g/mol. The summed E-state index contributed by atoms with van der Waals surface area (Å²) in [6.45, 7) is 2.77. The number of amides is 1. The molecule has 4 rings (SSSR count). The number of thioether (sulfide) groups is 1. The number of nitrogens with zero attached hydrogens (tertiary/aromatic N) is 3. The van der Waals surface area contributed by atoms with E-state index in [2.05, 4.69) is 11.9 Å². The number of fused-ring (bicyclic) bond motifs is 1. The third kappa shape index (κ3) is 5.79. The van der Waals surface area contributed by atoms with Gasteiger partial charge in [-0.05, 0) is 36.8 Å². The third-order valence-electron chi connectivity index (χ3n) is 5.89. The SMILES string of the molecule is CCCCCCCCN1C(=O)/C(=C\c2c(Oc3ccccc3OC)nc3ccccn3c2=O)SC1=S. The van der Waals surface area contributed by atoms with E-state index >= 15 is 0 Å². The minimum Gasteiger partial charge on any atom is -0.493 e. The third-order valence-corrected chi connectivity index (χ3v) is 7.27. The van der Waals surface area contributed by atoms with Gasteiger partial charge < -0.3 is 9.47 Å². The molecule has 0 N–H and O–H groups in total. The Labute approximate surface area is 220 Å². The second-order valence-corrected chi connectivity index (χ2v) is 10.1. The molecule has 0 atom stereocenters. The van der Waals surface area contributed by atoms with Crippen LogP contribution in [0.4, 0.5) is 0 Å². The van der Waals surface area contributed by atoms with E-state index in [1.165, 1.54) is 35.4 Å². The van der Waals surface area contributed by atoms with E-state index < -0.39 is 0 Å². The van der Waals surface area contributed by atoms with Crippen LogP contribution in [0.25, 0.3) is 11.7 Å². The topological polar surface area (TPSA) is 73.1 Å².